The van der Waals surface area contributed by atoms with Crippen LogP contribution in [0.2, 0.25) is 0 Å². The van der Waals surface area contributed by atoms with E-state index in [0.29, 0.717) is 11.3 Å². The third-order valence-corrected chi connectivity index (χ3v) is 2.34. The van der Waals surface area contributed by atoms with Gasteiger partial charge >= 0.3 is 0 Å². The van der Waals surface area contributed by atoms with Crippen molar-refractivity contribution < 1.29 is 25.0 Å². The molecular formula is C13H17NO5. The van der Waals surface area contributed by atoms with Crippen molar-refractivity contribution in [2.45, 2.75) is 12.5 Å². The Kier molecular flexibility index (Phi) is 6.59. The maximum atomic E-state index is 10.7. The molecule has 0 aliphatic heterocycles. The van der Waals surface area contributed by atoms with E-state index in [1.54, 1.807) is 24.3 Å². The van der Waals surface area contributed by atoms with Crippen LogP contribution in [0.15, 0.2) is 36.4 Å². The van der Waals surface area contributed by atoms with Crippen molar-refractivity contribution in [3.63, 3.8) is 0 Å². The number of carbonyl (C=O) groups excluding carboxylic acids is 1. The minimum absolute atomic E-state index is 0.0776. The van der Waals surface area contributed by atoms with Gasteiger partial charge in [-0.1, -0.05) is 18.2 Å². The van der Waals surface area contributed by atoms with Crippen molar-refractivity contribution in [3.8, 4) is 5.75 Å². The van der Waals surface area contributed by atoms with Gasteiger partial charge in [-0.15, -0.1) is 0 Å². The fraction of sp³-hybridized carbons (Fsp3) is 0.308. The molecule has 0 aliphatic carbocycles. The molecule has 1 aromatic carbocycles. The number of hydroxylamine groups is 1. The standard InChI is InChI=1S/C13H17NO5/c15-7-8-19-11-4-1-3-10(9-11)12(16)5-2-6-13(17)14-18/h1-4,6,9,12,15-16,18H,5,7-8H2,(H,14,17)/b6-2+/t12-/m1/s1. The summed E-state index contributed by atoms with van der Waals surface area (Å²) >= 11 is 0. The summed E-state index contributed by atoms with van der Waals surface area (Å²) in [6, 6.07) is 6.85. The van der Waals surface area contributed by atoms with Crippen LogP contribution in [0, 0.1) is 0 Å². The van der Waals surface area contributed by atoms with E-state index in [4.69, 9.17) is 15.1 Å². The van der Waals surface area contributed by atoms with Crippen molar-refractivity contribution in [1.82, 2.24) is 5.48 Å². The highest BCUT2D eigenvalue weighted by Crippen LogP contribution is 2.21. The van der Waals surface area contributed by atoms with Gasteiger partial charge in [0.25, 0.3) is 5.91 Å². The van der Waals surface area contributed by atoms with E-state index in [0.717, 1.165) is 6.08 Å². The first-order valence-electron chi connectivity index (χ1n) is 5.79. The Morgan fingerprint density at radius 2 is 2.26 bits per heavy atom. The molecule has 19 heavy (non-hydrogen) atoms. The summed E-state index contributed by atoms with van der Waals surface area (Å²) in [5, 5.41) is 26.8. The molecule has 1 amide bonds. The van der Waals surface area contributed by atoms with Gasteiger partial charge in [-0.25, -0.2) is 5.48 Å². The lowest BCUT2D eigenvalue weighted by Crippen LogP contribution is -2.15. The number of aliphatic hydroxyl groups is 2. The Morgan fingerprint density at radius 1 is 1.47 bits per heavy atom. The second-order valence-electron chi connectivity index (χ2n) is 3.77. The van der Waals surface area contributed by atoms with Crippen LogP contribution in [-0.2, 0) is 4.79 Å². The summed E-state index contributed by atoms with van der Waals surface area (Å²) in [6.45, 7) is 0.113. The fourth-order valence-electron chi connectivity index (χ4n) is 1.45. The molecule has 6 heteroatoms. The zero-order chi connectivity index (χ0) is 14.1. The van der Waals surface area contributed by atoms with Gasteiger partial charge in [0.15, 0.2) is 0 Å². The molecule has 0 bridgehead atoms. The van der Waals surface area contributed by atoms with Crippen LogP contribution in [0.1, 0.15) is 18.1 Å². The second kappa shape index (κ2) is 8.25. The molecule has 0 saturated carbocycles. The number of ether oxygens (including phenoxy) is 1. The monoisotopic (exact) mass is 267 g/mol. The highest BCUT2D eigenvalue weighted by Gasteiger charge is 2.07. The zero-order valence-corrected chi connectivity index (χ0v) is 10.3. The first-order valence-corrected chi connectivity index (χ1v) is 5.79. The predicted molar refractivity (Wildman–Crippen MR) is 67.7 cm³/mol. The number of nitrogens with one attached hydrogen (secondary N) is 1. The molecule has 0 aliphatic rings. The Labute approximate surface area is 110 Å². The third kappa shape index (κ3) is 5.52. The van der Waals surface area contributed by atoms with E-state index >= 15 is 0 Å². The zero-order valence-electron chi connectivity index (χ0n) is 10.3. The molecule has 104 valence electrons. The lowest BCUT2D eigenvalue weighted by atomic mass is 10.1. The Bertz CT molecular complexity index is 433. The van der Waals surface area contributed by atoms with E-state index in [1.165, 1.54) is 11.6 Å². The van der Waals surface area contributed by atoms with E-state index < -0.39 is 12.0 Å². The first-order chi connectivity index (χ1) is 9.17. The van der Waals surface area contributed by atoms with Crippen LogP contribution in [0.5, 0.6) is 5.75 Å². The van der Waals surface area contributed by atoms with Gasteiger partial charge in [0.2, 0.25) is 0 Å². The highest BCUT2D eigenvalue weighted by atomic mass is 16.5. The quantitative estimate of drug-likeness (QED) is 0.328. The molecular weight excluding hydrogens is 250 g/mol. The van der Waals surface area contributed by atoms with Crippen molar-refractivity contribution >= 4 is 5.91 Å². The van der Waals surface area contributed by atoms with Crippen LogP contribution >= 0.6 is 0 Å². The second-order valence-corrected chi connectivity index (χ2v) is 3.77. The maximum absolute atomic E-state index is 10.7. The summed E-state index contributed by atoms with van der Waals surface area (Å²) in [5.74, 6) is -0.0880. The molecule has 0 aromatic heterocycles. The largest absolute Gasteiger partial charge is 0.491 e. The van der Waals surface area contributed by atoms with Gasteiger partial charge in [0, 0.05) is 6.08 Å². The van der Waals surface area contributed by atoms with Crippen molar-refractivity contribution in [2.24, 2.45) is 0 Å². The van der Waals surface area contributed by atoms with Crippen molar-refractivity contribution in [3.05, 3.63) is 42.0 Å². The molecule has 4 N–H and O–H groups in total. The number of hydrogen-bond acceptors (Lipinski definition) is 5. The van der Waals surface area contributed by atoms with Gasteiger partial charge in [0.1, 0.15) is 12.4 Å². The van der Waals surface area contributed by atoms with E-state index in [2.05, 4.69) is 0 Å². The summed E-state index contributed by atoms with van der Waals surface area (Å²) in [7, 11) is 0. The van der Waals surface area contributed by atoms with Crippen LogP contribution < -0.4 is 10.2 Å². The fourth-order valence-corrected chi connectivity index (χ4v) is 1.45. The minimum Gasteiger partial charge on any atom is -0.491 e. The normalized spacial score (nSPS) is 12.4. The number of carbonyl (C=O) groups is 1. The smallest absolute Gasteiger partial charge is 0.267 e. The van der Waals surface area contributed by atoms with Crippen molar-refractivity contribution in [2.75, 3.05) is 13.2 Å². The maximum Gasteiger partial charge on any atom is 0.267 e. The summed E-state index contributed by atoms with van der Waals surface area (Å²) in [5.41, 5.74) is 2.10. The van der Waals surface area contributed by atoms with Gasteiger partial charge in [-0.2, -0.15) is 0 Å². The van der Waals surface area contributed by atoms with Crippen LogP contribution in [0.25, 0.3) is 0 Å². The Hall–Kier alpha value is -1.89. The Balaban J connectivity index is 2.58. The third-order valence-electron chi connectivity index (χ3n) is 2.34. The first kappa shape index (κ1) is 15.2. The topological polar surface area (TPSA) is 99.0 Å². The number of aliphatic hydroxyl groups excluding tert-OH is 2. The average Bonchev–Trinajstić information content (AvgIpc) is 2.45. The number of hydrogen-bond donors (Lipinski definition) is 4. The van der Waals surface area contributed by atoms with Gasteiger partial charge in [-0.05, 0) is 24.1 Å². The Morgan fingerprint density at radius 3 is 2.95 bits per heavy atom. The van der Waals surface area contributed by atoms with Gasteiger partial charge < -0.3 is 14.9 Å². The predicted octanol–water partition coefficient (Wildman–Crippen LogP) is 0.543. The average molecular weight is 267 g/mol. The SMILES string of the molecule is O=C(/C=C/C[C@@H](O)c1cccc(OCCO)c1)NO. The molecule has 1 rings (SSSR count). The lowest BCUT2D eigenvalue weighted by molar-refractivity contribution is -0.124. The van der Waals surface area contributed by atoms with Crippen LogP contribution in [-0.4, -0.2) is 34.5 Å². The molecule has 1 aromatic rings. The number of benzene rings is 1. The molecule has 0 fully saturated rings. The molecule has 0 radical (unpaired) electrons. The van der Waals surface area contributed by atoms with Gasteiger partial charge in [-0.3, -0.25) is 10.0 Å². The minimum atomic E-state index is -0.777. The highest BCUT2D eigenvalue weighted by molar-refractivity contribution is 5.86. The van der Waals surface area contributed by atoms with Crippen LogP contribution in [0.3, 0.4) is 0 Å². The number of amides is 1. The van der Waals surface area contributed by atoms with E-state index in [-0.39, 0.29) is 19.6 Å². The summed E-state index contributed by atoms with van der Waals surface area (Å²) < 4.78 is 5.23. The van der Waals surface area contributed by atoms with Crippen LogP contribution in [0.4, 0.5) is 0 Å². The van der Waals surface area contributed by atoms with E-state index in [9.17, 15) is 9.90 Å². The summed E-state index contributed by atoms with van der Waals surface area (Å²) in [6.07, 6.45) is 2.05. The molecule has 1 atom stereocenters. The molecule has 0 spiro atoms. The molecule has 6 nitrogen and oxygen atoms in total. The number of rotatable bonds is 7. The molecule has 0 saturated heterocycles. The van der Waals surface area contributed by atoms with E-state index in [1.807, 2.05) is 0 Å². The van der Waals surface area contributed by atoms with Gasteiger partial charge in [0.05, 0.1) is 12.7 Å². The molecule has 0 heterocycles. The molecule has 0 unspecified atom stereocenters. The summed E-state index contributed by atoms with van der Waals surface area (Å²) in [4.78, 5) is 10.7. The lowest BCUT2D eigenvalue weighted by Gasteiger charge is -2.10. The van der Waals surface area contributed by atoms with Crippen molar-refractivity contribution in [1.29, 1.82) is 0 Å².